The molecule has 0 aliphatic carbocycles. The molecule has 0 saturated carbocycles. The van der Waals surface area contributed by atoms with Gasteiger partial charge in [-0.2, -0.15) is 15.0 Å². The second kappa shape index (κ2) is 24.1. The number of aromatic nitrogens is 4. The van der Waals surface area contributed by atoms with Crippen LogP contribution in [0, 0.1) is 0 Å². The van der Waals surface area contributed by atoms with E-state index in [-0.39, 0.29) is 140 Å². The van der Waals surface area contributed by atoms with Crippen LogP contribution in [0.3, 0.4) is 0 Å². The van der Waals surface area contributed by atoms with Crippen molar-refractivity contribution in [3.05, 3.63) is 65.9 Å². The molecule has 16 nitrogen and oxygen atoms in total. The summed E-state index contributed by atoms with van der Waals surface area (Å²) in [4.78, 5) is 30.5. The minimum Gasteiger partial charge on any atom is -0.744 e. The molecule has 0 fully saturated rings. The summed E-state index contributed by atoms with van der Waals surface area (Å²) < 4.78 is 65.8. The normalized spacial score (nSPS) is 14.0. The molecule has 2 aromatic heterocycles. The first-order chi connectivity index (χ1) is 26.6. The van der Waals surface area contributed by atoms with E-state index in [1.165, 1.54) is 29.5 Å². The minimum absolute atomic E-state index is 0. The molecule has 3 aromatic carbocycles. The van der Waals surface area contributed by atoms with Gasteiger partial charge in [-0.05, 0) is 73.3 Å². The van der Waals surface area contributed by atoms with E-state index >= 15 is 0 Å². The van der Waals surface area contributed by atoms with Crippen molar-refractivity contribution in [2.75, 3.05) is 69.6 Å². The van der Waals surface area contributed by atoms with Crippen LogP contribution in [0.5, 0.6) is 11.5 Å². The first-order valence-corrected chi connectivity index (χ1v) is 20.0. The SMILES string of the molecule is O=C([O-])CCCCCN(c1ccc2c(c1)OCCOCCOCCOCCO2)c1nc(Cl)nc(Nc2ccc(S(=O)(=O)[O-])cc2-c2nc3ccccc3s2)n1.[K+].[K+]. The number of hydrogen-bond acceptors (Lipinski definition) is 17. The Morgan fingerprint density at radius 2 is 1.49 bits per heavy atom. The molecule has 57 heavy (non-hydrogen) atoms. The summed E-state index contributed by atoms with van der Waals surface area (Å²) >= 11 is 7.83. The minimum atomic E-state index is -4.79. The Balaban J connectivity index is 0.00000360. The third kappa shape index (κ3) is 14.6. The van der Waals surface area contributed by atoms with Gasteiger partial charge in [0, 0.05) is 29.8 Å². The van der Waals surface area contributed by atoms with Crippen molar-refractivity contribution in [3.63, 3.8) is 0 Å². The van der Waals surface area contributed by atoms with Crippen molar-refractivity contribution < 1.29 is 149 Å². The Labute approximate surface area is 424 Å². The predicted molar refractivity (Wildman–Crippen MR) is 202 cm³/mol. The Morgan fingerprint density at radius 1 is 0.807 bits per heavy atom. The first kappa shape index (κ1) is 48.3. The molecule has 0 radical (unpaired) electrons. The molecule has 0 spiro atoms. The van der Waals surface area contributed by atoms with E-state index in [2.05, 4.69) is 20.3 Å². The van der Waals surface area contributed by atoms with Crippen LogP contribution in [0.25, 0.3) is 20.8 Å². The van der Waals surface area contributed by atoms with Gasteiger partial charge < -0.3 is 48.4 Å². The fourth-order valence-corrected chi connectivity index (χ4v) is 7.16. The average molecular weight is 892 g/mol. The summed E-state index contributed by atoms with van der Waals surface area (Å²) in [6.07, 6.45) is 1.46. The van der Waals surface area contributed by atoms with Gasteiger partial charge >= 0.3 is 103 Å². The second-order valence-electron chi connectivity index (χ2n) is 12.0. The number of ether oxygens (including phenoxy) is 5. The van der Waals surface area contributed by atoms with Gasteiger partial charge in [-0.25, -0.2) is 13.4 Å². The molecule has 0 amide bonds. The summed E-state index contributed by atoms with van der Waals surface area (Å²) in [7, 11) is -4.79. The maximum Gasteiger partial charge on any atom is 1.00 e. The zero-order chi connectivity index (χ0) is 38.6. The van der Waals surface area contributed by atoms with Crippen molar-refractivity contribution in [2.45, 2.75) is 30.6 Å². The third-order valence-corrected chi connectivity index (χ3v) is 10.2. The maximum atomic E-state index is 12.0. The van der Waals surface area contributed by atoms with E-state index in [1.807, 2.05) is 24.3 Å². The van der Waals surface area contributed by atoms with Crippen molar-refractivity contribution >= 4 is 72.5 Å². The van der Waals surface area contributed by atoms with Gasteiger partial charge in [-0.1, -0.05) is 18.6 Å². The number of unbranched alkanes of at least 4 members (excludes halogenated alkanes) is 2. The molecule has 0 saturated heterocycles. The molecular weight excluding hydrogens is 854 g/mol. The smallest absolute Gasteiger partial charge is 0.744 e. The number of anilines is 4. The molecule has 1 N–H and O–H groups in total. The first-order valence-electron chi connectivity index (χ1n) is 17.4. The fourth-order valence-electron chi connectivity index (χ4n) is 5.51. The number of para-hydroxylation sites is 1. The van der Waals surface area contributed by atoms with E-state index in [9.17, 15) is 22.9 Å². The number of benzene rings is 3. The van der Waals surface area contributed by atoms with E-state index < -0.39 is 21.0 Å². The van der Waals surface area contributed by atoms with Crippen molar-refractivity contribution in [3.8, 4) is 22.1 Å². The fraction of sp³-hybridized carbons (Fsp3) is 0.361. The number of carbonyl (C=O) groups is 1. The topological polar surface area (TPSA) is 210 Å². The van der Waals surface area contributed by atoms with Crippen molar-refractivity contribution in [1.29, 1.82) is 0 Å². The van der Waals surface area contributed by atoms with E-state index in [1.54, 1.807) is 23.1 Å². The number of nitrogens with zero attached hydrogens (tertiary/aromatic N) is 5. The van der Waals surface area contributed by atoms with Gasteiger partial charge in [0.1, 0.15) is 28.3 Å². The van der Waals surface area contributed by atoms with Crippen LogP contribution in [0.2, 0.25) is 5.28 Å². The maximum absolute atomic E-state index is 12.0. The molecule has 21 heteroatoms. The van der Waals surface area contributed by atoms with Gasteiger partial charge in [0.15, 0.2) is 11.5 Å². The number of aliphatic carboxylic acids is 1. The number of nitrogens with one attached hydrogen (secondary N) is 1. The molecule has 3 heterocycles. The molecule has 0 atom stereocenters. The number of rotatable bonds is 12. The summed E-state index contributed by atoms with van der Waals surface area (Å²) in [6, 6.07) is 16.6. The Morgan fingerprint density at radius 3 is 2.18 bits per heavy atom. The number of carboxylic acid groups (broad SMARTS) is 1. The summed E-state index contributed by atoms with van der Waals surface area (Å²) in [5, 5.41) is 14.5. The zero-order valence-corrected chi connectivity index (χ0v) is 40.1. The largest absolute Gasteiger partial charge is 1.00 e. The van der Waals surface area contributed by atoms with E-state index in [4.69, 9.17) is 40.3 Å². The number of halogens is 1. The van der Waals surface area contributed by atoms with Crippen LogP contribution in [0.4, 0.5) is 23.3 Å². The molecule has 1 aliphatic heterocycles. The monoisotopic (exact) mass is 890 g/mol. The quantitative estimate of drug-likeness (QED) is 0.0880. The summed E-state index contributed by atoms with van der Waals surface area (Å²) in [5.41, 5.74) is 2.00. The van der Waals surface area contributed by atoms with Gasteiger partial charge in [0.25, 0.3) is 0 Å². The number of fused-ring (bicyclic) bond motifs is 2. The second-order valence-corrected chi connectivity index (χ2v) is 14.7. The summed E-state index contributed by atoms with van der Waals surface area (Å²) in [5.74, 6) is -0.0379. The van der Waals surface area contributed by atoms with Crippen LogP contribution in [0.15, 0.2) is 65.6 Å². The molecule has 292 valence electrons. The molecule has 0 bridgehead atoms. The van der Waals surface area contributed by atoms with Crippen molar-refractivity contribution in [2.24, 2.45) is 0 Å². The molecule has 0 unspecified atom stereocenters. The van der Waals surface area contributed by atoms with Crippen molar-refractivity contribution in [1.82, 2.24) is 19.9 Å². The van der Waals surface area contributed by atoms with E-state index in [0.29, 0.717) is 104 Å². The Bertz CT molecular complexity index is 2170. The Hall–Kier alpha value is -1.42. The van der Waals surface area contributed by atoms with Crippen LogP contribution >= 0.6 is 22.9 Å². The molecular formula is C36H37ClK2N6O10S2. The van der Waals surface area contributed by atoms with Crippen LogP contribution in [0.1, 0.15) is 25.7 Å². The van der Waals surface area contributed by atoms with Gasteiger partial charge in [-0.15, -0.1) is 11.3 Å². The number of thiazole rings is 1. The average Bonchev–Trinajstić information content (AvgIpc) is 3.58. The zero-order valence-electron chi connectivity index (χ0n) is 31.5. The number of hydrogen-bond donors (Lipinski definition) is 1. The predicted octanol–water partition coefficient (Wildman–Crippen LogP) is -1.27. The van der Waals surface area contributed by atoms with Gasteiger partial charge in [0.2, 0.25) is 17.2 Å². The van der Waals surface area contributed by atoms with Gasteiger partial charge in [-0.3, -0.25) is 0 Å². The van der Waals surface area contributed by atoms with Crippen LogP contribution in [-0.4, -0.2) is 98.3 Å². The Kier molecular flexibility index (Phi) is 20.4. The van der Waals surface area contributed by atoms with Crippen LogP contribution in [-0.2, 0) is 29.1 Å². The molecule has 5 aromatic rings. The van der Waals surface area contributed by atoms with E-state index in [0.717, 1.165) is 4.70 Å². The third-order valence-electron chi connectivity index (χ3n) is 8.10. The van der Waals surface area contributed by atoms with Crippen LogP contribution < -0.4 is 128 Å². The summed E-state index contributed by atoms with van der Waals surface area (Å²) in [6.45, 7) is 3.20. The standard InChI is InChI=1S/C36H39ClN6O10S2.2K/c37-34-40-35(39-27-11-10-25(55(46,47)48)23-26(27)33-38-28-6-3-4-7-31(28)54-33)42-36(41-34)43(13-5-1-2-8-32(44)45)24-9-12-29-30(22-24)53-21-19-51-17-15-49-14-16-50-18-20-52-29;;/h3-4,6-7,9-12,22-23H,1-2,5,8,13-21H2,(H,44,45)(H,46,47,48)(H,39,40,41,42);;/q;2*+1/p-2. The molecule has 6 rings (SSSR count). The van der Waals surface area contributed by atoms with Gasteiger partial charge in [0.05, 0.1) is 60.4 Å². The number of carbonyl (C=O) groups excluding carboxylic acids is 1. The number of carboxylic acids is 1. The molecule has 1 aliphatic rings.